The largest absolute Gasteiger partial charge is 0.287 e. The molecule has 0 aromatic heterocycles. The summed E-state index contributed by atoms with van der Waals surface area (Å²) in [5.41, 5.74) is 0.778. The lowest BCUT2D eigenvalue weighted by Crippen LogP contribution is -2.24. The molecule has 1 rings (SSSR count). The lowest BCUT2D eigenvalue weighted by molar-refractivity contribution is 0.287. The summed E-state index contributed by atoms with van der Waals surface area (Å²) >= 11 is 12.1. The zero-order valence-electron chi connectivity index (χ0n) is 10.1. The summed E-state index contributed by atoms with van der Waals surface area (Å²) in [6, 6.07) is 7.34. The van der Waals surface area contributed by atoms with Crippen molar-refractivity contribution in [1.29, 1.82) is 5.26 Å². The quantitative estimate of drug-likeness (QED) is 0.798. The number of nitrogens with zero attached hydrogens (tertiary/aromatic N) is 2. The molecular weight excluding hydrogens is 255 g/mol. The van der Waals surface area contributed by atoms with E-state index in [0.29, 0.717) is 10.0 Å². The molecule has 1 aromatic rings. The number of unbranched alkanes of at least 4 members (excludes halogenated alkanes) is 1. The molecule has 4 heteroatoms. The smallest absolute Gasteiger partial charge is 0.125 e. The summed E-state index contributed by atoms with van der Waals surface area (Å²) in [6.45, 7) is 3.00. The van der Waals surface area contributed by atoms with Gasteiger partial charge in [-0.25, -0.2) is 0 Å². The molecule has 0 spiro atoms. The molecular formula is C13H16Cl2N2. The monoisotopic (exact) mass is 270 g/mol. The van der Waals surface area contributed by atoms with E-state index in [-0.39, 0.29) is 6.04 Å². The zero-order chi connectivity index (χ0) is 12.8. The van der Waals surface area contributed by atoms with Gasteiger partial charge < -0.3 is 0 Å². The van der Waals surface area contributed by atoms with Gasteiger partial charge in [0.2, 0.25) is 0 Å². The number of nitriles is 1. The maximum atomic E-state index is 9.27. The second-order valence-corrected chi connectivity index (χ2v) is 4.79. The van der Waals surface area contributed by atoms with Crippen molar-refractivity contribution in [3.05, 3.63) is 33.8 Å². The Kier molecular flexibility index (Phi) is 5.77. The molecule has 92 valence electrons. The molecule has 0 heterocycles. The van der Waals surface area contributed by atoms with Crippen molar-refractivity contribution in [2.24, 2.45) is 0 Å². The van der Waals surface area contributed by atoms with Gasteiger partial charge in [0.15, 0.2) is 0 Å². The summed E-state index contributed by atoms with van der Waals surface area (Å²) in [5, 5.41) is 10.2. The van der Waals surface area contributed by atoms with Gasteiger partial charge in [0.25, 0.3) is 0 Å². The Morgan fingerprint density at radius 3 is 2.71 bits per heavy atom. The number of hydrogen-bond acceptors (Lipinski definition) is 2. The lowest BCUT2D eigenvalue weighted by Gasteiger charge is -2.23. The minimum Gasteiger partial charge on any atom is -0.287 e. The molecule has 1 aromatic carbocycles. The van der Waals surface area contributed by atoms with Crippen molar-refractivity contribution in [3.63, 3.8) is 0 Å². The summed E-state index contributed by atoms with van der Waals surface area (Å²) < 4.78 is 0. The van der Waals surface area contributed by atoms with Crippen LogP contribution in [0.15, 0.2) is 18.2 Å². The molecule has 0 radical (unpaired) electrons. The fourth-order valence-corrected chi connectivity index (χ4v) is 2.08. The minimum absolute atomic E-state index is 0.340. The van der Waals surface area contributed by atoms with Crippen LogP contribution in [0.2, 0.25) is 10.0 Å². The van der Waals surface area contributed by atoms with Crippen LogP contribution in [0.4, 0.5) is 0 Å². The predicted molar refractivity (Wildman–Crippen MR) is 72.4 cm³/mol. The third-order valence-electron chi connectivity index (χ3n) is 2.70. The first-order valence-electron chi connectivity index (χ1n) is 5.65. The molecule has 0 fully saturated rings. The van der Waals surface area contributed by atoms with Crippen molar-refractivity contribution >= 4 is 23.2 Å². The van der Waals surface area contributed by atoms with Gasteiger partial charge in [-0.3, -0.25) is 4.90 Å². The van der Waals surface area contributed by atoms with Crippen LogP contribution in [-0.4, -0.2) is 18.5 Å². The van der Waals surface area contributed by atoms with E-state index >= 15 is 0 Å². The fourth-order valence-electron chi connectivity index (χ4n) is 1.67. The van der Waals surface area contributed by atoms with Crippen LogP contribution in [-0.2, 0) is 0 Å². The lowest BCUT2D eigenvalue weighted by atomic mass is 10.1. The van der Waals surface area contributed by atoms with Crippen molar-refractivity contribution in [2.75, 3.05) is 13.6 Å². The molecule has 0 saturated carbocycles. The van der Waals surface area contributed by atoms with E-state index in [1.54, 1.807) is 6.07 Å². The van der Waals surface area contributed by atoms with Crippen LogP contribution in [0.5, 0.6) is 0 Å². The minimum atomic E-state index is -0.340. The van der Waals surface area contributed by atoms with Crippen LogP contribution in [0.1, 0.15) is 31.4 Å². The van der Waals surface area contributed by atoms with Crippen LogP contribution in [0.3, 0.4) is 0 Å². The molecule has 1 atom stereocenters. The van der Waals surface area contributed by atoms with E-state index in [2.05, 4.69) is 13.0 Å². The Labute approximate surface area is 113 Å². The van der Waals surface area contributed by atoms with Gasteiger partial charge in [-0.2, -0.15) is 5.26 Å². The highest BCUT2D eigenvalue weighted by Gasteiger charge is 2.19. The number of rotatable bonds is 5. The number of benzene rings is 1. The van der Waals surface area contributed by atoms with Crippen LogP contribution in [0.25, 0.3) is 0 Å². The van der Waals surface area contributed by atoms with Gasteiger partial charge in [-0.15, -0.1) is 0 Å². The van der Waals surface area contributed by atoms with Crippen LogP contribution < -0.4 is 0 Å². The average molecular weight is 271 g/mol. The van der Waals surface area contributed by atoms with E-state index in [4.69, 9.17) is 23.2 Å². The highest BCUT2D eigenvalue weighted by Crippen LogP contribution is 2.32. The summed E-state index contributed by atoms with van der Waals surface area (Å²) in [6.07, 6.45) is 2.17. The Morgan fingerprint density at radius 2 is 2.12 bits per heavy atom. The normalized spacial score (nSPS) is 12.5. The third kappa shape index (κ3) is 3.61. The van der Waals surface area contributed by atoms with E-state index in [9.17, 15) is 5.26 Å². The fraction of sp³-hybridized carbons (Fsp3) is 0.462. The molecule has 0 N–H and O–H groups in total. The molecule has 0 saturated heterocycles. The second kappa shape index (κ2) is 6.86. The molecule has 2 nitrogen and oxygen atoms in total. The molecule has 0 aliphatic rings. The summed E-state index contributed by atoms with van der Waals surface area (Å²) in [5.74, 6) is 0. The third-order valence-corrected chi connectivity index (χ3v) is 3.54. The van der Waals surface area contributed by atoms with Gasteiger partial charge in [0.05, 0.1) is 16.1 Å². The predicted octanol–water partition coefficient (Wildman–Crippen LogP) is 4.29. The summed E-state index contributed by atoms with van der Waals surface area (Å²) in [4.78, 5) is 2.00. The van der Waals surface area contributed by atoms with Crippen molar-refractivity contribution in [3.8, 4) is 6.07 Å². The van der Waals surface area contributed by atoms with Crippen LogP contribution in [0, 0.1) is 11.3 Å². The Bertz CT molecular complexity index is 412. The Morgan fingerprint density at radius 1 is 1.41 bits per heavy atom. The Hall–Kier alpha value is -0.750. The topological polar surface area (TPSA) is 27.0 Å². The van der Waals surface area contributed by atoms with E-state index in [1.165, 1.54) is 0 Å². The maximum Gasteiger partial charge on any atom is 0.125 e. The number of halogens is 2. The standard InChI is InChI=1S/C13H16Cl2N2/c1-3-4-8-17(2)12(9-16)10-6-5-7-11(14)13(10)15/h5-7,12H,3-4,8H2,1-2H3. The summed E-state index contributed by atoms with van der Waals surface area (Å²) in [7, 11) is 1.93. The van der Waals surface area contributed by atoms with Gasteiger partial charge in [0.1, 0.15) is 6.04 Å². The molecule has 17 heavy (non-hydrogen) atoms. The first kappa shape index (κ1) is 14.3. The van der Waals surface area contributed by atoms with Gasteiger partial charge in [-0.05, 0) is 26.1 Å². The maximum absolute atomic E-state index is 9.27. The molecule has 0 aliphatic carbocycles. The van der Waals surface area contributed by atoms with Gasteiger partial charge in [0, 0.05) is 5.56 Å². The highest BCUT2D eigenvalue weighted by atomic mass is 35.5. The van der Waals surface area contributed by atoms with Crippen molar-refractivity contribution in [2.45, 2.75) is 25.8 Å². The molecule has 0 aliphatic heterocycles. The molecule has 0 bridgehead atoms. The highest BCUT2D eigenvalue weighted by molar-refractivity contribution is 6.42. The van der Waals surface area contributed by atoms with E-state index in [1.807, 2.05) is 24.1 Å². The SMILES string of the molecule is CCCCN(C)C(C#N)c1cccc(Cl)c1Cl. The first-order chi connectivity index (χ1) is 8.11. The zero-order valence-corrected chi connectivity index (χ0v) is 11.6. The van der Waals surface area contributed by atoms with Crippen molar-refractivity contribution in [1.82, 2.24) is 4.90 Å². The molecule has 0 amide bonds. The van der Waals surface area contributed by atoms with E-state index in [0.717, 1.165) is 24.9 Å². The van der Waals surface area contributed by atoms with Gasteiger partial charge in [-0.1, -0.05) is 48.7 Å². The van der Waals surface area contributed by atoms with E-state index < -0.39 is 0 Å². The number of hydrogen-bond donors (Lipinski definition) is 0. The van der Waals surface area contributed by atoms with Crippen molar-refractivity contribution < 1.29 is 0 Å². The average Bonchev–Trinajstić information content (AvgIpc) is 2.32. The molecule has 1 unspecified atom stereocenters. The Balaban J connectivity index is 2.94. The first-order valence-corrected chi connectivity index (χ1v) is 6.41. The second-order valence-electron chi connectivity index (χ2n) is 4.01. The van der Waals surface area contributed by atoms with Gasteiger partial charge >= 0.3 is 0 Å². The van der Waals surface area contributed by atoms with Crippen LogP contribution >= 0.6 is 23.2 Å².